The average Bonchev–Trinajstić information content (AvgIpc) is 3.17. The molecule has 1 fully saturated rings. The van der Waals surface area contributed by atoms with E-state index in [-0.39, 0.29) is 11.5 Å². The summed E-state index contributed by atoms with van der Waals surface area (Å²) in [4.78, 5) is 5.96. The molecule has 3 atom stereocenters. The first-order chi connectivity index (χ1) is 14.9. The molecule has 0 radical (unpaired) electrons. The van der Waals surface area contributed by atoms with Gasteiger partial charge in [-0.3, -0.25) is 0 Å². The molecule has 5 heteroatoms. The van der Waals surface area contributed by atoms with Crippen LogP contribution in [0.1, 0.15) is 36.1 Å². The van der Waals surface area contributed by atoms with Gasteiger partial charge in [0.05, 0.1) is 18.2 Å². The minimum Gasteiger partial charge on any atom is -0.497 e. The number of aromatic nitrogens is 1. The lowest BCUT2D eigenvalue weighted by Gasteiger charge is -2.51. The number of hydrogen-bond acceptors (Lipinski definition) is 4. The van der Waals surface area contributed by atoms with E-state index in [0.717, 1.165) is 43.7 Å². The summed E-state index contributed by atoms with van der Waals surface area (Å²) in [6.45, 7) is 1.80. The van der Waals surface area contributed by atoms with Gasteiger partial charge in [0.15, 0.2) is 0 Å². The summed E-state index contributed by atoms with van der Waals surface area (Å²) in [7, 11) is 5.87. The van der Waals surface area contributed by atoms with E-state index < -0.39 is 5.60 Å². The Balaban J connectivity index is 1.57. The van der Waals surface area contributed by atoms with Crippen molar-refractivity contribution in [3.05, 3.63) is 65.4 Å². The second-order valence-corrected chi connectivity index (χ2v) is 9.60. The lowest BCUT2D eigenvalue weighted by molar-refractivity contribution is -0.0888. The van der Waals surface area contributed by atoms with Crippen LogP contribution in [-0.4, -0.2) is 49.3 Å². The van der Waals surface area contributed by atoms with Gasteiger partial charge in [-0.15, -0.1) is 0 Å². The highest BCUT2D eigenvalue weighted by Crippen LogP contribution is 2.51. The van der Waals surface area contributed by atoms with Crippen LogP contribution in [0.2, 0.25) is 0 Å². The van der Waals surface area contributed by atoms with Crippen molar-refractivity contribution in [2.75, 3.05) is 34.3 Å². The lowest BCUT2D eigenvalue weighted by atomic mass is 9.62. The van der Waals surface area contributed by atoms with Crippen LogP contribution in [0.4, 0.5) is 0 Å². The van der Waals surface area contributed by atoms with Gasteiger partial charge >= 0.3 is 0 Å². The molecule has 0 amide bonds. The van der Waals surface area contributed by atoms with E-state index >= 15 is 0 Å². The Bertz CT molecular complexity index is 1090. The van der Waals surface area contributed by atoms with Gasteiger partial charge in [-0.1, -0.05) is 30.3 Å². The highest BCUT2D eigenvalue weighted by atomic mass is 16.5. The minimum atomic E-state index is -0.880. The second-order valence-electron chi connectivity index (χ2n) is 9.60. The fourth-order valence-corrected chi connectivity index (χ4v) is 6.00. The molecule has 2 aliphatic rings. The molecule has 2 aromatic carbocycles. The van der Waals surface area contributed by atoms with Crippen molar-refractivity contribution in [2.45, 2.75) is 36.8 Å². The molecule has 0 bridgehead atoms. The summed E-state index contributed by atoms with van der Waals surface area (Å²) in [6.07, 6.45) is 3.53. The van der Waals surface area contributed by atoms with E-state index in [1.54, 1.807) is 7.11 Å². The molecule has 5 nitrogen and oxygen atoms in total. The summed E-state index contributed by atoms with van der Waals surface area (Å²) in [6, 6.07) is 16.6. The van der Waals surface area contributed by atoms with E-state index in [0.29, 0.717) is 6.42 Å². The van der Waals surface area contributed by atoms with Gasteiger partial charge in [-0.05, 0) is 69.1 Å². The Labute approximate surface area is 184 Å². The summed E-state index contributed by atoms with van der Waals surface area (Å²) < 4.78 is 5.46. The summed E-state index contributed by atoms with van der Waals surface area (Å²) in [5.41, 5.74) is 3.95. The van der Waals surface area contributed by atoms with Crippen molar-refractivity contribution < 1.29 is 9.84 Å². The van der Waals surface area contributed by atoms with E-state index in [1.807, 2.05) is 24.3 Å². The van der Waals surface area contributed by atoms with Crippen LogP contribution in [0.3, 0.4) is 0 Å². The molecule has 1 aliphatic heterocycles. The molecular formula is C26H33N3O2. The van der Waals surface area contributed by atoms with Gasteiger partial charge in [0.25, 0.3) is 0 Å². The molecular weight excluding hydrogens is 386 g/mol. The molecule has 1 saturated carbocycles. The standard InChI is InChI=1S/C26H33N3O2/c1-29(2)17-19-16-25(12-13-26(19,30)18-7-6-8-20(15-18)31-3)24-22(11-14-27-25)21-9-4-5-10-23(21)28-24/h4-10,15,19,27-28,30H,11-14,16-17H2,1-3H3. The van der Waals surface area contributed by atoms with Crippen LogP contribution in [0.15, 0.2) is 48.5 Å². The van der Waals surface area contributed by atoms with E-state index in [4.69, 9.17) is 4.74 Å². The van der Waals surface area contributed by atoms with E-state index in [2.05, 4.69) is 53.6 Å². The number of H-pyrrole nitrogens is 1. The molecule has 164 valence electrons. The molecule has 3 aromatic rings. The molecule has 3 unspecified atom stereocenters. The van der Waals surface area contributed by atoms with Gasteiger partial charge in [0.1, 0.15) is 5.75 Å². The number of hydrogen-bond donors (Lipinski definition) is 3. The Kier molecular flexibility index (Phi) is 5.08. The van der Waals surface area contributed by atoms with Gasteiger partial charge in [0.2, 0.25) is 0 Å². The number of rotatable bonds is 4. The van der Waals surface area contributed by atoms with E-state index in [1.165, 1.54) is 22.2 Å². The first-order valence-corrected chi connectivity index (χ1v) is 11.3. The summed E-state index contributed by atoms with van der Waals surface area (Å²) >= 11 is 0. The van der Waals surface area contributed by atoms with Crippen molar-refractivity contribution in [1.29, 1.82) is 0 Å². The molecule has 1 aliphatic carbocycles. The van der Waals surface area contributed by atoms with Crippen molar-refractivity contribution in [1.82, 2.24) is 15.2 Å². The molecule has 1 spiro atoms. The number of nitrogens with zero attached hydrogens (tertiary/aromatic N) is 1. The number of benzene rings is 2. The molecule has 2 heterocycles. The van der Waals surface area contributed by atoms with Crippen LogP contribution in [0, 0.1) is 5.92 Å². The zero-order valence-electron chi connectivity index (χ0n) is 18.7. The third-order valence-corrected chi connectivity index (χ3v) is 7.49. The first kappa shape index (κ1) is 20.6. The van der Waals surface area contributed by atoms with Crippen molar-refractivity contribution in [2.24, 2.45) is 5.92 Å². The minimum absolute atomic E-state index is 0.0909. The maximum atomic E-state index is 12.1. The van der Waals surface area contributed by atoms with Crippen LogP contribution in [0.25, 0.3) is 10.9 Å². The smallest absolute Gasteiger partial charge is 0.119 e. The monoisotopic (exact) mass is 419 g/mol. The maximum Gasteiger partial charge on any atom is 0.119 e. The lowest BCUT2D eigenvalue weighted by Crippen LogP contribution is -2.57. The third kappa shape index (κ3) is 3.36. The summed E-state index contributed by atoms with van der Waals surface area (Å²) in [5, 5.41) is 17.3. The zero-order chi connectivity index (χ0) is 21.6. The van der Waals surface area contributed by atoms with Crippen LogP contribution in [0.5, 0.6) is 5.75 Å². The number of para-hydroxylation sites is 1. The first-order valence-electron chi connectivity index (χ1n) is 11.3. The van der Waals surface area contributed by atoms with Crippen molar-refractivity contribution in [3.63, 3.8) is 0 Å². The largest absolute Gasteiger partial charge is 0.497 e. The third-order valence-electron chi connectivity index (χ3n) is 7.49. The maximum absolute atomic E-state index is 12.1. The molecule has 31 heavy (non-hydrogen) atoms. The number of methoxy groups -OCH3 is 1. The van der Waals surface area contributed by atoms with Gasteiger partial charge < -0.3 is 25.0 Å². The number of aromatic amines is 1. The van der Waals surface area contributed by atoms with Crippen molar-refractivity contribution >= 4 is 10.9 Å². The Morgan fingerprint density at radius 1 is 1.13 bits per heavy atom. The van der Waals surface area contributed by atoms with Gasteiger partial charge in [-0.2, -0.15) is 0 Å². The van der Waals surface area contributed by atoms with Gasteiger partial charge in [-0.25, -0.2) is 0 Å². The Morgan fingerprint density at radius 2 is 1.97 bits per heavy atom. The predicted molar refractivity (Wildman–Crippen MR) is 124 cm³/mol. The summed E-state index contributed by atoms with van der Waals surface area (Å²) in [5.74, 6) is 0.886. The SMILES string of the molecule is COc1cccc(C2(O)CCC3(CC2CN(C)C)NCCc2c3[nH]c3ccccc23)c1. The molecule has 3 N–H and O–H groups in total. The fraction of sp³-hybridized carbons (Fsp3) is 0.462. The number of nitrogens with one attached hydrogen (secondary N) is 2. The highest BCUT2D eigenvalue weighted by Gasteiger charge is 2.52. The van der Waals surface area contributed by atoms with Crippen LogP contribution in [-0.2, 0) is 17.6 Å². The predicted octanol–water partition coefficient (Wildman–Crippen LogP) is 3.77. The molecule has 5 rings (SSSR count). The van der Waals surface area contributed by atoms with Crippen molar-refractivity contribution in [3.8, 4) is 5.75 Å². The van der Waals surface area contributed by atoms with E-state index in [9.17, 15) is 5.11 Å². The average molecular weight is 420 g/mol. The Hall–Kier alpha value is -2.34. The van der Waals surface area contributed by atoms with Crippen LogP contribution >= 0.6 is 0 Å². The second kappa shape index (κ2) is 7.66. The van der Waals surface area contributed by atoms with Crippen LogP contribution < -0.4 is 10.1 Å². The topological polar surface area (TPSA) is 60.5 Å². The Morgan fingerprint density at radius 3 is 2.77 bits per heavy atom. The zero-order valence-corrected chi connectivity index (χ0v) is 18.7. The molecule has 1 aromatic heterocycles. The number of fused-ring (bicyclic) bond motifs is 4. The van der Waals surface area contributed by atoms with Gasteiger partial charge in [0, 0.05) is 35.6 Å². The number of aliphatic hydroxyl groups is 1. The normalized spacial score (nSPS) is 28.2. The number of ether oxygens (including phenoxy) is 1. The highest BCUT2D eigenvalue weighted by molar-refractivity contribution is 5.85. The quantitative estimate of drug-likeness (QED) is 0.603. The molecule has 0 saturated heterocycles. The fourth-order valence-electron chi connectivity index (χ4n) is 6.00.